The van der Waals surface area contributed by atoms with Crippen molar-refractivity contribution in [2.24, 2.45) is 11.7 Å². The predicted octanol–water partition coefficient (Wildman–Crippen LogP) is 2.71. The van der Waals surface area contributed by atoms with Gasteiger partial charge in [-0.15, -0.1) is 0 Å². The van der Waals surface area contributed by atoms with Gasteiger partial charge in [-0.2, -0.15) is 11.8 Å². The molecule has 0 aromatic heterocycles. The molecule has 2 unspecified atom stereocenters. The summed E-state index contributed by atoms with van der Waals surface area (Å²) in [5, 5.41) is 0. The van der Waals surface area contributed by atoms with Crippen LogP contribution in [0, 0.1) is 11.7 Å². The molecule has 2 N–H and O–H groups in total. The third-order valence-corrected chi connectivity index (χ3v) is 4.00. The van der Waals surface area contributed by atoms with E-state index in [9.17, 15) is 4.39 Å². The fourth-order valence-corrected chi connectivity index (χ4v) is 2.95. The first-order valence-electron chi connectivity index (χ1n) is 4.80. The number of nitrogens with two attached hydrogens (primary N) is 1. The highest BCUT2D eigenvalue weighted by Crippen LogP contribution is 2.32. The third-order valence-electron chi connectivity index (χ3n) is 2.72. The molecule has 1 heterocycles. The van der Waals surface area contributed by atoms with Gasteiger partial charge in [-0.3, -0.25) is 0 Å². The molecule has 0 aliphatic carbocycles. The second-order valence-corrected chi connectivity index (χ2v) is 4.89. The Hall–Kier alpha value is -0.540. The van der Waals surface area contributed by atoms with Crippen LogP contribution in [0.1, 0.15) is 24.1 Å². The Morgan fingerprint density at radius 1 is 1.50 bits per heavy atom. The van der Waals surface area contributed by atoms with Crippen LogP contribution in [-0.2, 0) is 5.75 Å². The molecule has 14 heavy (non-hydrogen) atoms. The lowest BCUT2D eigenvalue weighted by Crippen LogP contribution is -2.20. The van der Waals surface area contributed by atoms with Gasteiger partial charge >= 0.3 is 0 Å². The number of thioether (sulfide) groups is 1. The molecule has 0 saturated heterocycles. The number of hydrogen-bond donors (Lipinski definition) is 1. The van der Waals surface area contributed by atoms with E-state index in [4.69, 9.17) is 5.73 Å². The van der Waals surface area contributed by atoms with E-state index in [-0.39, 0.29) is 11.9 Å². The quantitative estimate of drug-likeness (QED) is 0.714. The molecule has 0 spiro atoms. The topological polar surface area (TPSA) is 26.0 Å². The Morgan fingerprint density at radius 2 is 2.29 bits per heavy atom. The molecule has 2 rings (SSSR count). The van der Waals surface area contributed by atoms with Gasteiger partial charge in [-0.05, 0) is 34.9 Å². The van der Waals surface area contributed by atoms with E-state index >= 15 is 0 Å². The van der Waals surface area contributed by atoms with E-state index < -0.39 is 0 Å². The molecule has 1 nitrogen and oxygen atoms in total. The maximum atomic E-state index is 13.1. The highest BCUT2D eigenvalue weighted by Gasteiger charge is 2.21. The molecule has 1 aliphatic rings. The van der Waals surface area contributed by atoms with Crippen molar-refractivity contribution in [2.45, 2.75) is 18.7 Å². The Kier molecular flexibility index (Phi) is 2.79. The molecule has 0 amide bonds. The van der Waals surface area contributed by atoms with Gasteiger partial charge < -0.3 is 5.73 Å². The monoisotopic (exact) mass is 211 g/mol. The van der Waals surface area contributed by atoms with Crippen LogP contribution in [-0.4, -0.2) is 5.75 Å². The average Bonchev–Trinajstić information content (AvgIpc) is 2.30. The number of halogens is 1. The lowest BCUT2D eigenvalue weighted by Gasteiger charge is -2.18. The summed E-state index contributed by atoms with van der Waals surface area (Å²) < 4.78 is 13.1. The summed E-state index contributed by atoms with van der Waals surface area (Å²) in [7, 11) is 0. The van der Waals surface area contributed by atoms with Crippen molar-refractivity contribution in [1.29, 1.82) is 0 Å². The van der Waals surface area contributed by atoms with Crippen molar-refractivity contribution in [3.8, 4) is 0 Å². The van der Waals surface area contributed by atoms with Crippen LogP contribution in [0.3, 0.4) is 0 Å². The van der Waals surface area contributed by atoms with Crippen LogP contribution in [0.25, 0.3) is 0 Å². The van der Waals surface area contributed by atoms with Crippen LogP contribution < -0.4 is 5.73 Å². The average molecular weight is 211 g/mol. The smallest absolute Gasteiger partial charge is 0.123 e. The Labute approximate surface area is 87.9 Å². The van der Waals surface area contributed by atoms with Gasteiger partial charge in [-0.25, -0.2) is 4.39 Å². The molecule has 1 aromatic rings. The van der Waals surface area contributed by atoms with Crippen molar-refractivity contribution < 1.29 is 4.39 Å². The van der Waals surface area contributed by atoms with Crippen molar-refractivity contribution in [1.82, 2.24) is 0 Å². The zero-order valence-corrected chi connectivity index (χ0v) is 8.98. The summed E-state index contributed by atoms with van der Waals surface area (Å²) in [5.74, 6) is 2.24. The Balaban J connectivity index is 2.44. The summed E-state index contributed by atoms with van der Waals surface area (Å²) in [5.41, 5.74) is 8.26. The molecule has 1 aromatic carbocycles. The van der Waals surface area contributed by atoms with E-state index in [0.717, 1.165) is 17.1 Å². The molecule has 0 radical (unpaired) electrons. The fourth-order valence-electron chi connectivity index (χ4n) is 1.77. The first-order chi connectivity index (χ1) is 6.68. The maximum Gasteiger partial charge on any atom is 0.123 e. The van der Waals surface area contributed by atoms with Crippen molar-refractivity contribution >= 4 is 11.8 Å². The lowest BCUT2D eigenvalue weighted by atomic mass is 9.93. The van der Waals surface area contributed by atoms with Crippen LogP contribution in [0.4, 0.5) is 4.39 Å². The Morgan fingerprint density at radius 3 is 3.07 bits per heavy atom. The minimum absolute atomic E-state index is 0.0179. The van der Waals surface area contributed by atoms with Crippen LogP contribution in [0.15, 0.2) is 18.2 Å². The van der Waals surface area contributed by atoms with Gasteiger partial charge in [0.25, 0.3) is 0 Å². The van der Waals surface area contributed by atoms with Gasteiger partial charge in [-0.1, -0.05) is 13.0 Å². The van der Waals surface area contributed by atoms with Gasteiger partial charge in [0.1, 0.15) is 5.82 Å². The summed E-state index contributed by atoms with van der Waals surface area (Å²) in [4.78, 5) is 0. The highest BCUT2D eigenvalue weighted by atomic mass is 32.2. The molecule has 0 saturated carbocycles. The van der Waals surface area contributed by atoms with E-state index in [0.29, 0.717) is 5.92 Å². The van der Waals surface area contributed by atoms with Crippen molar-refractivity contribution in [3.63, 3.8) is 0 Å². The van der Waals surface area contributed by atoms with E-state index in [1.54, 1.807) is 6.07 Å². The summed E-state index contributed by atoms with van der Waals surface area (Å²) >= 11 is 1.87. The van der Waals surface area contributed by atoms with E-state index in [2.05, 4.69) is 6.92 Å². The second-order valence-electron chi connectivity index (χ2n) is 3.86. The third kappa shape index (κ3) is 1.79. The standard InChI is InChI=1S/C11H14FNS/c1-7-5-14-6-8-2-3-9(12)4-10(8)11(7)13/h2-4,7,11H,5-6,13H2,1H3. The molecular formula is C11H14FNS. The zero-order valence-electron chi connectivity index (χ0n) is 8.16. The number of rotatable bonds is 0. The molecule has 76 valence electrons. The normalized spacial score (nSPS) is 26.8. The number of fused-ring (bicyclic) bond motifs is 1. The van der Waals surface area contributed by atoms with E-state index in [1.165, 1.54) is 11.6 Å². The molecule has 2 atom stereocenters. The molecular weight excluding hydrogens is 197 g/mol. The molecule has 1 aliphatic heterocycles. The van der Waals surface area contributed by atoms with Gasteiger partial charge in [0, 0.05) is 11.8 Å². The fraction of sp³-hybridized carbons (Fsp3) is 0.455. The van der Waals surface area contributed by atoms with E-state index in [1.807, 2.05) is 17.8 Å². The molecule has 0 bridgehead atoms. The Bertz CT molecular complexity index is 340. The summed E-state index contributed by atoms with van der Waals surface area (Å²) in [6.45, 7) is 2.12. The van der Waals surface area contributed by atoms with Crippen LogP contribution in [0.2, 0.25) is 0 Å². The molecule has 0 fully saturated rings. The summed E-state index contributed by atoms with van der Waals surface area (Å²) in [6, 6.07) is 4.94. The first kappa shape index (κ1) is 9.99. The number of hydrogen-bond acceptors (Lipinski definition) is 2. The van der Waals surface area contributed by atoms with Gasteiger partial charge in [0.15, 0.2) is 0 Å². The SMILES string of the molecule is CC1CSCc2ccc(F)cc2C1N. The second kappa shape index (κ2) is 3.91. The molecule has 3 heteroatoms. The zero-order chi connectivity index (χ0) is 10.1. The lowest BCUT2D eigenvalue weighted by molar-refractivity contribution is 0.519. The highest BCUT2D eigenvalue weighted by molar-refractivity contribution is 7.98. The largest absolute Gasteiger partial charge is 0.324 e. The van der Waals surface area contributed by atoms with Gasteiger partial charge in [0.05, 0.1) is 0 Å². The van der Waals surface area contributed by atoms with Crippen LogP contribution >= 0.6 is 11.8 Å². The van der Waals surface area contributed by atoms with Crippen molar-refractivity contribution in [3.05, 3.63) is 35.1 Å². The van der Waals surface area contributed by atoms with Gasteiger partial charge in [0.2, 0.25) is 0 Å². The number of benzene rings is 1. The minimum atomic E-state index is -0.182. The van der Waals surface area contributed by atoms with Crippen LogP contribution in [0.5, 0.6) is 0 Å². The summed E-state index contributed by atoms with van der Waals surface area (Å²) in [6.07, 6.45) is 0. The predicted molar refractivity (Wildman–Crippen MR) is 58.7 cm³/mol. The maximum absolute atomic E-state index is 13.1. The minimum Gasteiger partial charge on any atom is -0.324 e. The first-order valence-corrected chi connectivity index (χ1v) is 5.95. The van der Waals surface area contributed by atoms with Crippen molar-refractivity contribution in [2.75, 3.05) is 5.75 Å².